The van der Waals surface area contributed by atoms with Crippen LogP contribution in [0.4, 0.5) is 0 Å². The van der Waals surface area contributed by atoms with E-state index in [0.29, 0.717) is 21.4 Å². The molecule has 4 rings (SSSR count). The number of halogens is 2. The number of likely N-dealkylation sites (tertiary alicyclic amines) is 1. The maximum absolute atomic E-state index is 13.2. The van der Waals surface area contributed by atoms with Crippen molar-refractivity contribution in [3.8, 4) is 5.75 Å². The summed E-state index contributed by atoms with van der Waals surface area (Å²) in [6.07, 6.45) is 2.65. The summed E-state index contributed by atoms with van der Waals surface area (Å²) < 4.78 is 5.98. The number of hydrogen-bond donors (Lipinski definition) is 0. The van der Waals surface area contributed by atoms with E-state index in [1.807, 2.05) is 35.2 Å². The van der Waals surface area contributed by atoms with Crippen molar-refractivity contribution < 1.29 is 9.53 Å². The minimum Gasteiger partial charge on any atom is -0.488 e. The SMILES string of the molecule is O=C(c1ccccc1OCc1ccc(Cl)cc1Cl)N1CCN(CCN2CCCC2)CC1. The molecule has 7 heteroatoms. The second-order valence-corrected chi connectivity index (χ2v) is 9.05. The molecule has 0 aromatic heterocycles. The van der Waals surface area contributed by atoms with Crippen molar-refractivity contribution in [3.63, 3.8) is 0 Å². The van der Waals surface area contributed by atoms with E-state index in [4.69, 9.17) is 27.9 Å². The van der Waals surface area contributed by atoms with Crippen LogP contribution in [-0.2, 0) is 6.61 Å². The summed E-state index contributed by atoms with van der Waals surface area (Å²) in [5.41, 5.74) is 1.43. The molecule has 0 N–H and O–H groups in total. The molecule has 5 nitrogen and oxygen atoms in total. The summed E-state index contributed by atoms with van der Waals surface area (Å²) in [4.78, 5) is 20.1. The fourth-order valence-electron chi connectivity index (χ4n) is 4.20. The molecular formula is C24H29Cl2N3O2. The van der Waals surface area contributed by atoms with Crippen LogP contribution in [0.15, 0.2) is 42.5 Å². The van der Waals surface area contributed by atoms with Gasteiger partial charge in [0.05, 0.1) is 5.56 Å². The average Bonchev–Trinajstić information content (AvgIpc) is 3.31. The largest absolute Gasteiger partial charge is 0.488 e. The minimum absolute atomic E-state index is 0.0250. The van der Waals surface area contributed by atoms with Crippen LogP contribution in [-0.4, -0.2) is 73.0 Å². The van der Waals surface area contributed by atoms with E-state index in [2.05, 4.69) is 9.80 Å². The fraction of sp³-hybridized carbons (Fsp3) is 0.458. The number of piperazine rings is 1. The van der Waals surface area contributed by atoms with Crippen molar-refractivity contribution in [2.24, 2.45) is 0 Å². The Morgan fingerprint density at radius 2 is 1.55 bits per heavy atom. The highest BCUT2D eigenvalue weighted by Gasteiger charge is 2.24. The van der Waals surface area contributed by atoms with Gasteiger partial charge in [0.2, 0.25) is 0 Å². The first-order valence-corrected chi connectivity index (χ1v) is 11.8. The van der Waals surface area contributed by atoms with E-state index >= 15 is 0 Å². The van der Waals surface area contributed by atoms with Gasteiger partial charge < -0.3 is 14.5 Å². The predicted octanol–water partition coefficient (Wildman–Crippen LogP) is 4.43. The topological polar surface area (TPSA) is 36.0 Å². The van der Waals surface area contributed by atoms with Crippen molar-refractivity contribution in [1.82, 2.24) is 14.7 Å². The zero-order valence-electron chi connectivity index (χ0n) is 17.7. The number of ether oxygens (including phenoxy) is 1. The molecule has 2 aliphatic heterocycles. The zero-order valence-corrected chi connectivity index (χ0v) is 19.2. The maximum Gasteiger partial charge on any atom is 0.257 e. The smallest absolute Gasteiger partial charge is 0.257 e. The van der Waals surface area contributed by atoms with Gasteiger partial charge in [-0.25, -0.2) is 0 Å². The Bertz CT molecular complexity index is 894. The van der Waals surface area contributed by atoms with Gasteiger partial charge in [-0.15, -0.1) is 0 Å². The molecule has 2 fully saturated rings. The van der Waals surface area contributed by atoms with Crippen LogP contribution in [0.5, 0.6) is 5.75 Å². The number of nitrogens with zero attached hydrogens (tertiary/aromatic N) is 3. The van der Waals surface area contributed by atoms with Crippen LogP contribution in [0.25, 0.3) is 0 Å². The molecule has 0 atom stereocenters. The molecular weight excluding hydrogens is 433 g/mol. The van der Waals surface area contributed by atoms with E-state index in [1.165, 1.54) is 25.9 Å². The second kappa shape index (κ2) is 10.7. The molecule has 2 saturated heterocycles. The van der Waals surface area contributed by atoms with Crippen LogP contribution >= 0.6 is 23.2 Å². The summed E-state index contributed by atoms with van der Waals surface area (Å²) in [6.45, 7) is 8.30. The van der Waals surface area contributed by atoms with E-state index < -0.39 is 0 Å². The molecule has 0 radical (unpaired) electrons. The van der Waals surface area contributed by atoms with E-state index in [9.17, 15) is 4.79 Å². The number of hydrogen-bond acceptors (Lipinski definition) is 4. The Hall–Kier alpha value is -1.79. The summed E-state index contributed by atoms with van der Waals surface area (Å²) in [6, 6.07) is 12.8. The average molecular weight is 462 g/mol. The molecule has 1 amide bonds. The Morgan fingerprint density at radius 3 is 2.26 bits per heavy atom. The normalized spacial score (nSPS) is 17.8. The molecule has 0 spiro atoms. The van der Waals surface area contributed by atoms with Gasteiger partial charge in [0, 0.05) is 54.9 Å². The first kappa shape index (κ1) is 22.4. The molecule has 0 saturated carbocycles. The molecule has 2 heterocycles. The molecule has 166 valence electrons. The Labute approximate surface area is 194 Å². The fourth-order valence-corrected chi connectivity index (χ4v) is 4.66. The van der Waals surface area contributed by atoms with E-state index in [0.717, 1.165) is 44.8 Å². The van der Waals surface area contributed by atoms with Crippen molar-refractivity contribution in [1.29, 1.82) is 0 Å². The Morgan fingerprint density at radius 1 is 0.871 bits per heavy atom. The van der Waals surface area contributed by atoms with Gasteiger partial charge in [-0.2, -0.15) is 0 Å². The third kappa shape index (κ3) is 5.92. The van der Waals surface area contributed by atoms with Crippen LogP contribution in [0.3, 0.4) is 0 Å². The van der Waals surface area contributed by atoms with Gasteiger partial charge in [-0.3, -0.25) is 9.69 Å². The Balaban J connectivity index is 1.32. The van der Waals surface area contributed by atoms with Crippen molar-refractivity contribution in [3.05, 3.63) is 63.6 Å². The lowest BCUT2D eigenvalue weighted by atomic mass is 10.1. The lowest BCUT2D eigenvalue weighted by molar-refractivity contribution is 0.0622. The van der Waals surface area contributed by atoms with Gasteiger partial charge in [-0.05, 0) is 50.2 Å². The summed E-state index contributed by atoms with van der Waals surface area (Å²) in [5, 5.41) is 1.14. The highest BCUT2D eigenvalue weighted by atomic mass is 35.5. The van der Waals surface area contributed by atoms with E-state index in [-0.39, 0.29) is 12.5 Å². The first-order valence-electron chi connectivity index (χ1n) is 11.0. The highest BCUT2D eigenvalue weighted by Crippen LogP contribution is 2.25. The van der Waals surface area contributed by atoms with Crippen LogP contribution in [0.2, 0.25) is 10.0 Å². The molecule has 0 bridgehead atoms. The second-order valence-electron chi connectivity index (χ2n) is 8.20. The van der Waals surface area contributed by atoms with Gasteiger partial charge in [0.25, 0.3) is 5.91 Å². The van der Waals surface area contributed by atoms with Gasteiger partial charge in [0.1, 0.15) is 12.4 Å². The number of para-hydroxylation sites is 1. The lowest BCUT2D eigenvalue weighted by Gasteiger charge is -2.35. The monoisotopic (exact) mass is 461 g/mol. The van der Waals surface area contributed by atoms with Gasteiger partial charge in [0.15, 0.2) is 0 Å². The number of amides is 1. The minimum atomic E-state index is 0.0250. The summed E-state index contributed by atoms with van der Waals surface area (Å²) >= 11 is 12.2. The standard InChI is InChI=1S/C24H29Cl2N3O2/c25-20-8-7-19(22(26)17-20)18-31-23-6-2-1-5-21(23)24(30)29-15-13-28(14-16-29)12-11-27-9-3-4-10-27/h1-2,5-8,17H,3-4,9-16,18H2. The zero-order chi connectivity index (χ0) is 21.6. The summed E-state index contributed by atoms with van der Waals surface area (Å²) in [5.74, 6) is 0.604. The third-order valence-corrected chi connectivity index (χ3v) is 6.69. The number of carbonyl (C=O) groups is 1. The van der Waals surface area contributed by atoms with Crippen LogP contribution in [0.1, 0.15) is 28.8 Å². The molecule has 2 aromatic carbocycles. The van der Waals surface area contributed by atoms with Crippen molar-refractivity contribution in [2.45, 2.75) is 19.4 Å². The molecule has 2 aromatic rings. The van der Waals surface area contributed by atoms with Crippen LogP contribution in [0, 0.1) is 0 Å². The maximum atomic E-state index is 13.2. The molecule has 31 heavy (non-hydrogen) atoms. The third-order valence-electron chi connectivity index (χ3n) is 6.11. The number of carbonyl (C=O) groups excluding carboxylic acids is 1. The quantitative estimate of drug-likeness (QED) is 0.610. The molecule has 2 aliphatic rings. The molecule has 0 aliphatic carbocycles. The Kier molecular flexibility index (Phi) is 7.72. The lowest BCUT2D eigenvalue weighted by Crippen LogP contribution is -2.50. The van der Waals surface area contributed by atoms with Gasteiger partial charge in [-0.1, -0.05) is 41.4 Å². The first-order chi connectivity index (χ1) is 15.1. The number of rotatable bonds is 7. The highest BCUT2D eigenvalue weighted by molar-refractivity contribution is 6.35. The summed E-state index contributed by atoms with van der Waals surface area (Å²) in [7, 11) is 0. The van der Waals surface area contributed by atoms with Crippen LogP contribution < -0.4 is 4.74 Å². The molecule has 0 unspecified atom stereocenters. The van der Waals surface area contributed by atoms with Gasteiger partial charge >= 0.3 is 0 Å². The van der Waals surface area contributed by atoms with Crippen molar-refractivity contribution in [2.75, 3.05) is 52.4 Å². The van der Waals surface area contributed by atoms with Crippen molar-refractivity contribution >= 4 is 29.1 Å². The number of benzene rings is 2. The van der Waals surface area contributed by atoms with E-state index in [1.54, 1.807) is 12.1 Å². The predicted molar refractivity (Wildman–Crippen MR) is 125 cm³/mol.